The molecule has 0 spiro atoms. The van der Waals surface area contributed by atoms with Crippen LogP contribution >= 0.6 is 0 Å². The van der Waals surface area contributed by atoms with E-state index in [1.54, 1.807) is 5.43 Å². The number of hydrogen-bond acceptors (Lipinski definition) is 7. The number of hydrazine groups is 1. The summed E-state index contributed by atoms with van der Waals surface area (Å²) < 4.78 is 13.2. The molecular formula is C30H47BN6O6. The van der Waals surface area contributed by atoms with Gasteiger partial charge in [0.25, 0.3) is 5.96 Å². The average Bonchev–Trinajstić information content (AvgIpc) is 3.30. The smallest absolute Gasteiger partial charge is 0.404 e. The lowest BCUT2D eigenvalue weighted by Crippen LogP contribution is -2.65. The lowest BCUT2D eigenvalue weighted by molar-refractivity contribution is -0.525. The molecule has 4 aliphatic rings. The molecule has 1 aromatic rings. The molecule has 0 aromatic heterocycles. The third kappa shape index (κ3) is 7.86. The van der Waals surface area contributed by atoms with Crippen molar-refractivity contribution in [2.45, 2.75) is 103 Å². The van der Waals surface area contributed by atoms with Gasteiger partial charge in [-0.1, -0.05) is 63.5 Å². The summed E-state index contributed by atoms with van der Waals surface area (Å²) in [5.74, 6) is 0.0106. The molecule has 6 atom stereocenters. The topological polar surface area (TPSA) is 170 Å². The Hall–Kier alpha value is -3.19. The van der Waals surface area contributed by atoms with Crippen molar-refractivity contribution in [3.63, 3.8) is 0 Å². The first-order chi connectivity index (χ1) is 20.3. The van der Waals surface area contributed by atoms with E-state index in [2.05, 4.69) is 50.2 Å². The van der Waals surface area contributed by atoms with E-state index in [4.69, 9.17) is 15.0 Å². The zero-order chi connectivity index (χ0) is 31.4. The molecule has 3 aliphatic carbocycles. The van der Waals surface area contributed by atoms with Gasteiger partial charge in [0.2, 0.25) is 11.8 Å². The predicted octanol–water partition coefficient (Wildman–Crippen LogP) is 2.78. The second-order valence-corrected chi connectivity index (χ2v) is 13.5. The van der Waals surface area contributed by atoms with E-state index in [0.29, 0.717) is 31.1 Å². The van der Waals surface area contributed by atoms with Gasteiger partial charge in [0, 0.05) is 13.0 Å². The number of carbonyl (C=O) groups excluding carboxylic acids is 2. The highest BCUT2D eigenvalue weighted by Crippen LogP contribution is 2.65. The molecule has 2 amide bonds. The molecule has 5 N–H and O–H groups in total. The van der Waals surface area contributed by atoms with Crippen LogP contribution in [0, 0.1) is 33.3 Å². The summed E-state index contributed by atoms with van der Waals surface area (Å²) >= 11 is 0. The van der Waals surface area contributed by atoms with Crippen molar-refractivity contribution in [2.75, 3.05) is 6.54 Å². The van der Waals surface area contributed by atoms with E-state index in [1.165, 1.54) is 0 Å². The summed E-state index contributed by atoms with van der Waals surface area (Å²) in [7, 11) is -0.580. The quantitative estimate of drug-likeness (QED) is 0.0633. The van der Waals surface area contributed by atoms with Crippen molar-refractivity contribution in [3.05, 3.63) is 46.0 Å². The van der Waals surface area contributed by atoms with Gasteiger partial charge in [-0.15, -0.1) is 0 Å². The van der Waals surface area contributed by atoms with Gasteiger partial charge in [0.15, 0.2) is 5.03 Å². The number of carbonyl (C=O) groups is 2. The van der Waals surface area contributed by atoms with Crippen LogP contribution in [0.1, 0.15) is 78.7 Å². The summed E-state index contributed by atoms with van der Waals surface area (Å²) in [6.45, 7) is 11.1. The van der Waals surface area contributed by atoms with Crippen molar-refractivity contribution < 1.29 is 23.9 Å². The second kappa shape index (κ2) is 13.6. The Bertz CT molecular complexity index is 1180. The van der Waals surface area contributed by atoms with E-state index in [9.17, 15) is 19.7 Å². The lowest BCUT2D eigenvalue weighted by atomic mass is 9.43. The van der Waals surface area contributed by atoms with Gasteiger partial charge >= 0.3 is 7.12 Å². The van der Waals surface area contributed by atoms with Gasteiger partial charge in [0.05, 0.1) is 17.6 Å². The van der Waals surface area contributed by atoms with Crippen LogP contribution in [0.4, 0.5) is 0 Å². The molecule has 236 valence electrons. The summed E-state index contributed by atoms with van der Waals surface area (Å²) in [6.07, 6.45) is 4.16. The number of nitrogens with one attached hydrogen (secondary N) is 3. The Kier molecular flexibility index (Phi) is 10.4. The van der Waals surface area contributed by atoms with Crippen LogP contribution in [0.25, 0.3) is 0 Å². The molecule has 1 saturated heterocycles. The number of aryl methyl sites for hydroxylation is 1. The van der Waals surface area contributed by atoms with Gasteiger partial charge in [-0.3, -0.25) is 9.59 Å². The number of nitro groups is 1. The molecule has 1 heterocycles. The zero-order valence-corrected chi connectivity index (χ0v) is 26.0. The molecule has 0 unspecified atom stereocenters. The molecular weight excluding hydrogens is 551 g/mol. The van der Waals surface area contributed by atoms with Crippen LogP contribution in [0.3, 0.4) is 0 Å². The largest absolute Gasteiger partial charge is 0.481 e. The minimum atomic E-state index is -0.830. The molecule has 13 heteroatoms. The number of rotatable bonds is 14. The van der Waals surface area contributed by atoms with E-state index >= 15 is 0 Å². The summed E-state index contributed by atoms with van der Waals surface area (Å²) in [6, 6.07) is 8.85. The third-order valence-corrected chi connectivity index (χ3v) is 9.62. The van der Waals surface area contributed by atoms with Gasteiger partial charge < -0.3 is 25.7 Å². The van der Waals surface area contributed by atoms with Gasteiger partial charge in [-0.2, -0.15) is 0 Å². The Morgan fingerprint density at radius 3 is 2.56 bits per heavy atom. The number of aliphatic imine (C=N–C) groups is 1. The first-order valence-corrected chi connectivity index (χ1v) is 15.5. The number of amides is 2. The van der Waals surface area contributed by atoms with Crippen molar-refractivity contribution in [2.24, 2.45) is 33.9 Å². The Morgan fingerprint density at radius 2 is 1.91 bits per heavy atom. The van der Waals surface area contributed by atoms with Gasteiger partial charge in [-0.05, 0) is 74.2 Å². The number of hydrogen-bond donors (Lipinski definition) is 4. The maximum atomic E-state index is 13.7. The van der Waals surface area contributed by atoms with Gasteiger partial charge in [0.1, 0.15) is 6.04 Å². The fourth-order valence-electron chi connectivity index (χ4n) is 7.16. The minimum absolute atomic E-state index is 0.00887. The zero-order valence-electron chi connectivity index (χ0n) is 26.0. The van der Waals surface area contributed by atoms with Crippen LogP contribution < -0.4 is 21.8 Å². The van der Waals surface area contributed by atoms with Crippen LogP contribution in [-0.2, 0) is 25.3 Å². The molecule has 43 heavy (non-hydrogen) atoms. The molecule has 2 bridgehead atoms. The fraction of sp³-hybridized carbons (Fsp3) is 0.700. The van der Waals surface area contributed by atoms with Crippen LogP contribution in [-0.4, -0.2) is 60.2 Å². The highest BCUT2D eigenvalue weighted by atomic mass is 16.7. The highest BCUT2D eigenvalue weighted by Gasteiger charge is 2.68. The van der Waals surface area contributed by atoms with Crippen molar-refractivity contribution in [3.8, 4) is 0 Å². The molecule has 0 radical (unpaired) electrons. The Balaban J connectivity index is 1.42. The molecule has 1 aromatic carbocycles. The highest BCUT2D eigenvalue weighted by molar-refractivity contribution is 6.48. The lowest BCUT2D eigenvalue weighted by Gasteiger charge is -2.64. The standard InChI is InChI=1S/C30H47BN6O6/c1-19(2)16-25(31-42-24-18-21-17-23(29(21,3)4)30(24,5)43-31)35-27(39)22(12-9-15-33-28(32)36-37(40)41)34-26(38)14-13-20-10-7-6-8-11-20/h6-8,10-11,19,21-25H,9,12-18H2,1-5H3,(H,34,38)(H,35,39)(H3,32,33,36)/t21-,22+,23-,24-,25+,30+/m1/s1. The van der Waals surface area contributed by atoms with E-state index in [-0.39, 0.29) is 54.6 Å². The number of nitrogens with two attached hydrogens (primary N) is 1. The van der Waals surface area contributed by atoms with E-state index in [1.807, 2.05) is 30.3 Å². The number of nitrogens with zero attached hydrogens (tertiary/aromatic N) is 2. The predicted molar refractivity (Wildman–Crippen MR) is 164 cm³/mol. The van der Waals surface area contributed by atoms with Crippen molar-refractivity contribution in [1.82, 2.24) is 16.1 Å². The van der Waals surface area contributed by atoms with E-state index < -0.39 is 29.7 Å². The normalized spacial score (nSPS) is 27.1. The first-order valence-electron chi connectivity index (χ1n) is 15.5. The summed E-state index contributed by atoms with van der Waals surface area (Å²) in [5.41, 5.74) is 8.16. The number of guanidine groups is 1. The number of benzene rings is 1. The molecule has 4 fully saturated rings. The molecule has 3 saturated carbocycles. The minimum Gasteiger partial charge on any atom is -0.404 e. The third-order valence-electron chi connectivity index (χ3n) is 9.62. The van der Waals surface area contributed by atoms with Gasteiger partial charge in [-0.25, -0.2) is 15.1 Å². The molecule has 5 rings (SSSR count). The van der Waals surface area contributed by atoms with Crippen LogP contribution in [0.2, 0.25) is 0 Å². The Labute approximate surface area is 254 Å². The Morgan fingerprint density at radius 1 is 1.19 bits per heavy atom. The summed E-state index contributed by atoms with van der Waals surface area (Å²) in [4.78, 5) is 41.2. The van der Waals surface area contributed by atoms with Crippen LogP contribution in [0.15, 0.2) is 35.3 Å². The van der Waals surface area contributed by atoms with Crippen molar-refractivity contribution in [1.29, 1.82) is 0 Å². The maximum absolute atomic E-state index is 13.7. The SMILES string of the molecule is CC(C)C[C@H](NC(=O)[C@H](CCCN=C(N)N[N+](=O)[O-])NC(=O)CCc1ccccc1)B1O[C@@H]2C[C@H]3C[C@H](C3(C)C)[C@]2(C)O1. The first kappa shape index (κ1) is 32.7. The van der Waals surface area contributed by atoms with E-state index in [0.717, 1.165) is 18.4 Å². The average molecular weight is 599 g/mol. The summed E-state index contributed by atoms with van der Waals surface area (Å²) in [5, 5.41) is 15.9. The monoisotopic (exact) mass is 598 g/mol. The maximum Gasteiger partial charge on any atom is 0.481 e. The fourth-order valence-corrected chi connectivity index (χ4v) is 7.16. The molecule has 1 aliphatic heterocycles. The van der Waals surface area contributed by atoms with Crippen molar-refractivity contribution >= 4 is 24.9 Å². The molecule has 12 nitrogen and oxygen atoms in total. The van der Waals surface area contributed by atoms with Crippen LogP contribution in [0.5, 0.6) is 0 Å². The second-order valence-electron chi connectivity index (χ2n) is 13.5.